The van der Waals surface area contributed by atoms with E-state index in [0.717, 1.165) is 45.3 Å². The fourth-order valence-electron chi connectivity index (χ4n) is 4.57. The van der Waals surface area contributed by atoms with E-state index in [1.165, 1.54) is 0 Å². The van der Waals surface area contributed by atoms with E-state index >= 15 is 0 Å². The number of nitrogens with one attached hydrogen (secondary N) is 1. The minimum Gasteiger partial charge on any atom is -0.497 e. The summed E-state index contributed by atoms with van der Waals surface area (Å²) in [6.45, 7) is 3.19. The zero-order valence-electron chi connectivity index (χ0n) is 18.8. The lowest BCUT2D eigenvalue weighted by molar-refractivity contribution is 0.0778. The molecule has 2 amide bonds. The highest BCUT2D eigenvalue weighted by Gasteiger charge is 2.42. The zero-order chi connectivity index (χ0) is 22.4. The van der Waals surface area contributed by atoms with E-state index < -0.39 is 5.41 Å². The highest BCUT2D eigenvalue weighted by molar-refractivity contribution is 5.89. The van der Waals surface area contributed by atoms with Crippen molar-refractivity contribution in [1.29, 1.82) is 0 Å². The van der Waals surface area contributed by atoms with Crippen LogP contribution in [-0.4, -0.2) is 68.2 Å². The number of urea groups is 1. The third-order valence-corrected chi connectivity index (χ3v) is 6.46. The molecule has 0 spiro atoms. The Hall–Kier alpha value is -2.65. The average molecular weight is 445 g/mol. The molecule has 0 saturated carbocycles. The van der Waals surface area contributed by atoms with Crippen molar-refractivity contribution in [3.63, 3.8) is 0 Å². The van der Waals surface area contributed by atoms with Crippen LogP contribution in [0.1, 0.15) is 49.7 Å². The fraction of sp³-hybridized carbons (Fsp3) is 0.609. The molecule has 3 heterocycles. The van der Waals surface area contributed by atoms with E-state index in [4.69, 9.17) is 23.7 Å². The van der Waals surface area contributed by atoms with Crippen LogP contribution in [0.5, 0.6) is 5.75 Å². The first-order valence-electron chi connectivity index (χ1n) is 11.2. The van der Waals surface area contributed by atoms with Crippen LogP contribution in [-0.2, 0) is 14.9 Å². The Morgan fingerprint density at radius 2 is 2.16 bits per heavy atom. The van der Waals surface area contributed by atoms with Crippen LogP contribution in [0.4, 0.5) is 10.5 Å². The summed E-state index contributed by atoms with van der Waals surface area (Å²) in [6, 6.07) is 7.21. The van der Waals surface area contributed by atoms with Gasteiger partial charge in [-0.15, -0.1) is 0 Å². The molecular weight excluding hydrogens is 412 g/mol. The van der Waals surface area contributed by atoms with E-state index in [0.29, 0.717) is 42.8 Å². The molecule has 9 nitrogen and oxygen atoms in total. The van der Waals surface area contributed by atoms with Crippen molar-refractivity contribution in [2.45, 2.75) is 43.4 Å². The van der Waals surface area contributed by atoms with Crippen molar-refractivity contribution in [2.24, 2.45) is 0 Å². The number of rotatable bonds is 7. The zero-order valence-corrected chi connectivity index (χ0v) is 18.8. The van der Waals surface area contributed by atoms with E-state index in [1.54, 1.807) is 20.3 Å². The number of piperidine rings is 1. The molecule has 1 aromatic carbocycles. The lowest BCUT2D eigenvalue weighted by Crippen LogP contribution is -2.50. The summed E-state index contributed by atoms with van der Waals surface area (Å²) in [5, 5.41) is 7.37. The lowest BCUT2D eigenvalue weighted by Gasteiger charge is -2.40. The second-order valence-electron chi connectivity index (χ2n) is 8.55. The number of likely N-dealkylation sites (tertiary alicyclic amines) is 1. The Kier molecular flexibility index (Phi) is 7.26. The molecule has 0 aliphatic carbocycles. The molecule has 0 bridgehead atoms. The van der Waals surface area contributed by atoms with Crippen LogP contribution in [0.25, 0.3) is 0 Å². The van der Waals surface area contributed by atoms with Crippen molar-refractivity contribution in [1.82, 2.24) is 15.0 Å². The molecule has 2 aromatic rings. The predicted octanol–water partition coefficient (Wildman–Crippen LogP) is 3.57. The van der Waals surface area contributed by atoms with E-state index in [-0.39, 0.29) is 11.9 Å². The molecule has 1 aromatic heterocycles. The Bertz CT molecular complexity index is 898. The Morgan fingerprint density at radius 1 is 1.31 bits per heavy atom. The Balaban J connectivity index is 1.51. The van der Waals surface area contributed by atoms with Crippen LogP contribution in [0.3, 0.4) is 0 Å². The molecule has 9 heteroatoms. The van der Waals surface area contributed by atoms with Gasteiger partial charge in [0.15, 0.2) is 5.82 Å². The molecular formula is C23H32N4O5. The molecule has 2 aliphatic rings. The van der Waals surface area contributed by atoms with Crippen molar-refractivity contribution < 1.29 is 23.5 Å². The Labute approximate surface area is 188 Å². The van der Waals surface area contributed by atoms with E-state index in [1.807, 2.05) is 23.1 Å². The number of amides is 2. The SMILES string of the molecule is COCCC1(c2noc(C3CCOCC3)n2)CCCN(C(=O)Nc2cccc(OC)c2)C1. The van der Waals surface area contributed by atoms with Crippen molar-refractivity contribution in [3.8, 4) is 5.75 Å². The number of nitrogens with zero attached hydrogens (tertiary/aromatic N) is 3. The van der Waals surface area contributed by atoms with Crippen LogP contribution in [0.2, 0.25) is 0 Å². The molecule has 2 saturated heterocycles. The smallest absolute Gasteiger partial charge is 0.321 e. The number of carbonyl (C=O) groups excluding carboxylic acids is 1. The van der Waals surface area contributed by atoms with Crippen LogP contribution in [0.15, 0.2) is 28.8 Å². The van der Waals surface area contributed by atoms with Gasteiger partial charge >= 0.3 is 6.03 Å². The second kappa shape index (κ2) is 10.3. The maximum atomic E-state index is 13.1. The van der Waals surface area contributed by atoms with E-state index in [2.05, 4.69) is 10.5 Å². The van der Waals surface area contributed by atoms with Crippen LogP contribution >= 0.6 is 0 Å². The number of hydrogen-bond donors (Lipinski definition) is 1. The first-order valence-corrected chi connectivity index (χ1v) is 11.2. The van der Waals surface area contributed by atoms with Gasteiger partial charge in [0.05, 0.1) is 12.5 Å². The van der Waals surface area contributed by atoms with Gasteiger partial charge in [0.2, 0.25) is 5.89 Å². The number of ether oxygens (including phenoxy) is 3. The first-order chi connectivity index (χ1) is 15.6. The van der Waals surface area contributed by atoms with Crippen molar-refractivity contribution in [2.75, 3.05) is 52.4 Å². The minimum absolute atomic E-state index is 0.145. The maximum absolute atomic E-state index is 13.1. The Morgan fingerprint density at radius 3 is 2.94 bits per heavy atom. The van der Waals surface area contributed by atoms with Gasteiger partial charge in [0.1, 0.15) is 5.75 Å². The third kappa shape index (κ3) is 5.05. The number of anilines is 1. The molecule has 1 N–H and O–H groups in total. The van der Waals surface area contributed by atoms with Crippen molar-refractivity contribution >= 4 is 11.7 Å². The summed E-state index contributed by atoms with van der Waals surface area (Å²) in [5.74, 6) is 2.29. The summed E-state index contributed by atoms with van der Waals surface area (Å²) in [7, 11) is 3.29. The van der Waals surface area contributed by atoms with Crippen LogP contribution in [0, 0.1) is 0 Å². The molecule has 1 atom stereocenters. The van der Waals surface area contributed by atoms with Gasteiger partial charge in [-0.1, -0.05) is 11.2 Å². The number of hydrogen-bond acceptors (Lipinski definition) is 7. The summed E-state index contributed by atoms with van der Waals surface area (Å²) in [4.78, 5) is 19.7. The van der Waals surface area contributed by atoms with Gasteiger partial charge in [0.25, 0.3) is 0 Å². The van der Waals surface area contributed by atoms with Crippen molar-refractivity contribution in [3.05, 3.63) is 36.0 Å². The molecule has 2 aliphatic heterocycles. The van der Waals surface area contributed by atoms with Crippen LogP contribution < -0.4 is 10.1 Å². The number of carbonyl (C=O) groups is 1. The summed E-state index contributed by atoms with van der Waals surface area (Å²) in [6.07, 6.45) is 4.24. The summed E-state index contributed by atoms with van der Waals surface area (Å²) in [5.41, 5.74) is 0.302. The third-order valence-electron chi connectivity index (χ3n) is 6.46. The van der Waals surface area contributed by atoms with E-state index in [9.17, 15) is 4.79 Å². The predicted molar refractivity (Wildman–Crippen MR) is 118 cm³/mol. The van der Waals surface area contributed by atoms with Gasteiger partial charge in [-0.05, 0) is 44.2 Å². The summed E-state index contributed by atoms with van der Waals surface area (Å²) < 4.78 is 21.8. The fourth-order valence-corrected chi connectivity index (χ4v) is 4.57. The van der Waals surface area contributed by atoms with Gasteiger partial charge in [-0.3, -0.25) is 0 Å². The van der Waals surface area contributed by atoms with Gasteiger partial charge in [-0.25, -0.2) is 4.79 Å². The average Bonchev–Trinajstić information content (AvgIpc) is 3.35. The highest BCUT2D eigenvalue weighted by Crippen LogP contribution is 2.37. The lowest BCUT2D eigenvalue weighted by atomic mass is 9.76. The number of methoxy groups -OCH3 is 2. The molecule has 1 unspecified atom stereocenters. The quantitative estimate of drug-likeness (QED) is 0.697. The first kappa shape index (κ1) is 22.5. The number of aromatic nitrogens is 2. The summed E-state index contributed by atoms with van der Waals surface area (Å²) >= 11 is 0. The largest absolute Gasteiger partial charge is 0.497 e. The normalized spacial score (nSPS) is 22.0. The van der Waals surface area contributed by atoms with Gasteiger partial charge < -0.3 is 29.0 Å². The van der Waals surface area contributed by atoms with Gasteiger partial charge in [-0.2, -0.15) is 4.98 Å². The van der Waals surface area contributed by atoms with Gasteiger partial charge in [0, 0.05) is 57.7 Å². The molecule has 4 rings (SSSR count). The maximum Gasteiger partial charge on any atom is 0.321 e. The minimum atomic E-state index is -0.396. The molecule has 32 heavy (non-hydrogen) atoms. The molecule has 2 fully saturated rings. The standard InChI is InChI=1S/C23H32N4O5/c1-29-14-10-23(21-25-20(32-26-21)17-7-12-31-13-8-17)9-4-11-27(16-23)22(28)24-18-5-3-6-19(15-18)30-2/h3,5-6,15,17H,4,7-14,16H2,1-2H3,(H,24,28). The monoisotopic (exact) mass is 444 g/mol. The molecule has 0 radical (unpaired) electrons. The second-order valence-corrected chi connectivity index (χ2v) is 8.55. The molecule has 174 valence electrons. The highest BCUT2D eigenvalue weighted by atomic mass is 16.5. The number of benzene rings is 1. The topological polar surface area (TPSA) is 99.0 Å².